The Hall–Kier alpha value is -1.30. The molecule has 1 fully saturated rings. The Balaban J connectivity index is 2.14. The van der Waals surface area contributed by atoms with E-state index in [1.165, 1.54) is 19.4 Å². The number of nitrogens with two attached hydrogens (primary N) is 1. The summed E-state index contributed by atoms with van der Waals surface area (Å²) >= 11 is 0. The number of hydrogen-bond acceptors (Lipinski definition) is 4. The average Bonchev–Trinajstić information content (AvgIpc) is 2.88. The van der Waals surface area contributed by atoms with Crippen molar-refractivity contribution in [1.29, 1.82) is 0 Å². The third kappa shape index (κ3) is 7.32. The molecule has 1 heterocycles. The lowest BCUT2D eigenvalue weighted by Crippen LogP contribution is -2.36. The van der Waals surface area contributed by atoms with Crippen molar-refractivity contribution < 1.29 is 9.53 Å². The van der Waals surface area contributed by atoms with Gasteiger partial charge in [-0.3, -0.25) is 14.7 Å². The van der Waals surface area contributed by atoms with E-state index in [4.69, 9.17) is 10.5 Å². The van der Waals surface area contributed by atoms with Crippen molar-refractivity contribution in [2.24, 2.45) is 10.7 Å². The quantitative estimate of drug-likeness (QED) is 0.304. The molecule has 1 aliphatic rings. The van der Waals surface area contributed by atoms with Crippen molar-refractivity contribution in [2.45, 2.75) is 58.6 Å². The second kappa shape index (κ2) is 9.60. The number of ether oxygens (including phenoxy) is 1. The van der Waals surface area contributed by atoms with E-state index in [2.05, 4.69) is 22.1 Å². The van der Waals surface area contributed by atoms with Gasteiger partial charge in [-0.15, -0.1) is 0 Å². The summed E-state index contributed by atoms with van der Waals surface area (Å²) in [7, 11) is 0. The van der Waals surface area contributed by atoms with Gasteiger partial charge >= 0.3 is 5.97 Å². The minimum absolute atomic E-state index is 0.0509. The summed E-state index contributed by atoms with van der Waals surface area (Å²) < 4.78 is 5.06. The number of nitrogens with zero attached hydrogens (tertiary/aromatic N) is 2. The van der Waals surface area contributed by atoms with Gasteiger partial charge in [0.15, 0.2) is 5.96 Å². The molecule has 3 N–H and O–H groups in total. The zero-order chi connectivity index (χ0) is 15.7. The standard InChI is InChI=1S/C15H30N4O2/c1-4-19-10-6-7-13(19)11-18-15(16)17-9-5-8-14(20)21-12(2)3/h12-13H,4-11H2,1-3H3,(H3,16,17,18). The van der Waals surface area contributed by atoms with Gasteiger partial charge < -0.3 is 15.8 Å². The van der Waals surface area contributed by atoms with Crippen molar-refractivity contribution in [1.82, 2.24) is 10.2 Å². The largest absolute Gasteiger partial charge is 0.463 e. The van der Waals surface area contributed by atoms with E-state index in [0.717, 1.165) is 13.1 Å². The fourth-order valence-corrected chi connectivity index (χ4v) is 2.55. The predicted octanol–water partition coefficient (Wildman–Crippen LogP) is 1.11. The normalized spacial score (nSPS) is 20.0. The van der Waals surface area contributed by atoms with E-state index in [-0.39, 0.29) is 12.1 Å². The number of likely N-dealkylation sites (tertiary alicyclic amines) is 1. The van der Waals surface area contributed by atoms with Crippen LogP contribution in [0.25, 0.3) is 0 Å². The molecule has 0 aromatic rings. The van der Waals surface area contributed by atoms with Crippen LogP contribution < -0.4 is 11.1 Å². The number of guanidine groups is 1. The summed E-state index contributed by atoms with van der Waals surface area (Å²) in [4.78, 5) is 18.2. The van der Waals surface area contributed by atoms with Gasteiger partial charge in [0.05, 0.1) is 12.6 Å². The van der Waals surface area contributed by atoms with E-state index in [1.807, 2.05) is 13.8 Å². The Morgan fingerprint density at radius 2 is 2.29 bits per heavy atom. The molecule has 1 unspecified atom stereocenters. The molecule has 0 saturated carbocycles. The number of hydrogen-bond donors (Lipinski definition) is 2. The smallest absolute Gasteiger partial charge is 0.306 e. The van der Waals surface area contributed by atoms with Gasteiger partial charge in [0.1, 0.15) is 0 Å². The predicted molar refractivity (Wildman–Crippen MR) is 85.2 cm³/mol. The first-order valence-corrected chi connectivity index (χ1v) is 8.00. The highest BCUT2D eigenvalue weighted by atomic mass is 16.5. The van der Waals surface area contributed by atoms with Gasteiger partial charge in [0.2, 0.25) is 0 Å². The molecule has 6 nitrogen and oxygen atoms in total. The molecule has 0 radical (unpaired) electrons. The molecule has 0 amide bonds. The Bertz CT molecular complexity index is 345. The fourth-order valence-electron chi connectivity index (χ4n) is 2.55. The van der Waals surface area contributed by atoms with Crippen LogP contribution in [0.1, 0.15) is 46.5 Å². The van der Waals surface area contributed by atoms with E-state index in [1.54, 1.807) is 0 Å². The van der Waals surface area contributed by atoms with Gasteiger partial charge in [-0.2, -0.15) is 0 Å². The molecule has 1 aliphatic heterocycles. The van der Waals surface area contributed by atoms with Crippen LogP contribution in [0.15, 0.2) is 4.99 Å². The summed E-state index contributed by atoms with van der Waals surface area (Å²) in [6, 6.07) is 0.524. The van der Waals surface area contributed by atoms with Gasteiger partial charge in [-0.1, -0.05) is 6.92 Å². The first-order valence-electron chi connectivity index (χ1n) is 8.00. The molecule has 0 spiro atoms. The summed E-state index contributed by atoms with van der Waals surface area (Å²) in [6.07, 6.45) is 3.51. The first kappa shape index (κ1) is 17.8. The molecule has 6 heteroatoms. The number of nitrogens with one attached hydrogen (secondary N) is 1. The summed E-state index contributed by atoms with van der Waals surface area (Å²) in [5, 5.41) is 3.05. The Labute approximate surface area is 128 Å². The molecule has 1 rings (SSSR count). The number of aliphatic imine (C=N–C) groups is 1. The second-order valence-electron chi connectivity index (χ2n) is 5.72. The average molecular weight is 298 g/mol. The van der Waals surface area contributed by atoms with Gasteiger partial charge in [0.25, 0.3) is 0 Å². The van der Waals surface area contributed by atoms with Crippen LogP contribution in [0.3, 0.4) is 0 Å². The zero-order valence-electron chi connectivity index (χ0n) is 13.6. The molecule has 122 valence electrons. The molecular weight excluding hydrogens is 268 g/mol. The van der Waals surface area contributed by atoms with Crippen LogP contribution in [0.2, 0.25) is 0 Å². The molecule has 1 saturated heterocycles. The lowest BCUT2D eigenvalue weighted by Gasteiger charge is -2.20. The first-order chi connectivity index (χ1) is 10.0. The molecule has 21 heavy (non-hydrogen) atoms. The number of rotatable bonds is 8. The van der Waals surface area contributed by atoms with Gasteiger partial charge in [-0.25, -0.2) is 0 Å². The maximum Gasteiger partial charge on any atom is 0.306 e. The van der Waals surface area contributed by atoms with Crippen molar-refractivity contribution in [3.8, 4) is 0 Å². The minimum atomic E-state index is -0.160. The summed E-state index contributed by atoms with van der Waals surface area (Å²) in [6.45, 7) is 9.52. The Kier molecular flexibility index (Phi) is 8.12. The maximum absolute atomic E-state index is 11.3. The van der Waals surface area contributed by atoms with E-state index in [0.29, 0.717) is 31.4 Å². The maximum atomic E-state index is 11.3. The van der Waals surface area contributed by atoms with Crippen LogP contribution >= 0.6 is 0 Å². The van der Waals surface area contributed by atoms with Crippen LogP contribution in [0.5, 0.6) is 0 Å². The molecule has 0 aromatic carbocycles. The third-order valence-corrected chi connectivity index (χ3v) is 3.61. The van der Waals surface area contributed by atoms with Crippen LogP contribution in [-0.4, -0.2) is 55.2 Å². The van der Waals surface area contributed by atoms with Crippen molar-refractivity contribution in [3.63, 3.8) is 0 Å². The second-order valence-corrected chi connectivity index (χ2v) is 5.72. The number of carbonyl (C=O) groups is 1. The SMILES string of the molecule is CCN1CCCC1CN=C(N)NCCCC(=O)OC(C)C. The fraction of sp³-hybridized carbons (Fsp3) is 0.867. The molecule has 1 atom stereocenters. The highest BCUT2D eigenvalue weighted by molar-refractivity contribution is 5.77. The highest BCUT2D eigenvalue weighted by Crippen LogP contribution is 2.16. The van der Waals surface area contributed by atoms with E-state index in [9.17, 15) is 4.79 Å². The van der Waals surface area contributed by atoms with Crippen molar-refractivity contribution >= 4 is 11.9 Å². The van der Waals surface area contributed by atoms with E-state index < -0.39 is 0 Å². The number of carbonyl (C=O) groups excluding carboxylic acids is 1. The minimum Gasteiger partial charge on any atom is -0.463 e. The zero-order valence-corrected chi connectivity index (χ0v) is 13.6. The molecular formula is C15H30N4O2. The Morgan fingerprint density at radius 1 is 1.52 bits per heavy atom. The number of esters is 1. The monoisotopic (exact) mass is 298 g/mol. The Morgan fingerprint density at radius 3 is 2.95 bits per heavy atom. The highest BCUT2D eigenvalue weighted by Gasteiger charge is 2.22. The van der Waals surface area contributed by atoms with Crippen molar-refractivity contribution in [3.05, 3.63) is 0 Å². The van der Waals surface area contributed by atoms with Gasteiger partial charge in [-0.05, 0) is 46.2 Å². The van der Waals surface area contributed by atoms with Crippen LogP contribution in [0, 0.1) is 0 Å². The number of likely N-dealkylation sites (N-methyl/N-ethyl adjacent to an activating group) is 1. The molecule has 0 aromatic heterocycles. The lowest BCUT2D eigenvalue weighted by molar-refractivity contribution is -0.147. The van der Waals surface area contributed by atoms with Crippen LogP contribution in [-0.2, 0) is 9.53 Å². The summed E-state index contributed by atoms with van der Waals surface area (Å²) in [5.41, 5.74) is 5.84. The van der Waals surface area contributed by atoms with E-state index >= 15 is 0 Å². The van der Waals surface area contributed by atoms with Crippen LogP contribution in [0.4, 0.5) is 0 Å². The lowest BCUT2D eigenvalue weighted by atomic mass is 10.2. The molecule has 0 bridgehead atoms. The summed E-state index contributed by atoms with van der Waals surface area (Å²) in [5.74, 6) is 0.307. The topological polar surface area (TPSA) is 80.0 Å². The van der Waals surface area contributed by atoms with Gasteiger partial charge in [0, 0.05) is 19.0 Å². The third-order valence-electron chi connectivity index (χ3n) is 3.61. The van der Waals surface area contributed by atoms with Crippen molar-refractivity contribution in [2.75, 3.05) is 26.2 Å². The molecule has 0 aliphatic carbocycles.